The van der Waals surface area contributed by atoms with Crippen LogP contribution < -0.4 is 4.74 Å². The summed E-state index contributed by atoms with van der Waals surface area (Å²) >= 11 is 11.9. The summed E-state index contributed by atoms with van der Waals surface area (Å²) in [4.78, 5) is 3.91. The van der Waals surface area contributed by atoms with E-state index in [9.17, 15) is 5.11 Å². The molecule has 0 saturated carbocycles. The van der Waals surface area contributed by atoms with Crippen LogP contribution in [0.1, 0.15) is 12.5 Å². The Balaban J connectivity index is 2.26. The van der Waals surface area contributed by atoms with Crippen LogP contribution in [-0.2, 0) is 12.1 Å². The second kappa shape index (κ2) is 5.36. The Bertz CT molecular complexity index is 584. The minimum atomic E-state index is -1.19. The van der Waals surface area contributed by atoms with Gasteiger partial charge in [-0.05, 0) is 19.1 Å². The van der Waals surface area contributed by atoms with E-state index in [4.69, 9.17) is 27.9 Å². The number of nitrogens with zero attached hydrogens (tertiary/aromatic N) is 3. The minimum absolute atomic E-state index is 0.199. The van der Waals surface area contributed by atoms with Crippen molar-refractivity contribution in [1.82, 2.24) is 14.8 Å². The zero-order valence-corrected chi connectivity index (χ0v) is 12.0. The van der Waals surface area contributed by atoms with Crippen LogP contribution in [-0.4, -0.2) is 27.0 Å². The number of rotatable bonds is 4. The molecular weight excluding hydrogens is 289 g/mol. The Morgan fingerprint density at radius 1 is 1.42 bits per heavy atom. The summed E-state index contributed by atoms with van der Waals surface area (Å²) in [6.45, 7) is 1.85. The van der Waals surface area contributed by atoms with Crippen molar-refractivity contribution in [1.29, 1.82) is 0 Å². The lowest BCUT2D eigenvalue weighted by atomic mass is 9.96. The predicted octanol–water partition coefficient (Wildman–Crippen LogP) is 2.50. The maximum absolute atomic E-state index is 10.5. The van der Waals surface area contributed by atoms with E-state index in [0.29, 0.717) is 15.6 Å². The van der Waals surface area contributed by atoms with Gasteiger partial charge in [0.15, 0.2) is 0 Å². The number of aliphatic hydroxyl groups is 1. The number of hydrogen-bond acceptors (Lipinski definition) is 4. The van der Waals surface area contributed by atoms with Gasteiger partial charge < -0.3 is 9.84 Å². The molecule has 0 saturated heterocycles. The van der Waals surface area contributed by atoms with E-state index in [1.807, 2.05) is 0 Å². The first-order valence-corrected chi connectivity index (χ1v) is 6.29. The molecule has 2 aromatic rings. The van der Waals surface area contributed by atoms with Crippen LogP contribution in [0.3, 0.4) is 0 Å². The van der Waals surface area contributed by atoms with Crippen molar-refractivity contribution in [2.24, 2.45) is 0 Å². The Morgan fingerprint density at radius 3 is 2.74 bits per heavy atom. The van der Waals surface area contributed by atoms with Gasteiger partial charge in [-0.25, -0.2) is 4.68 Å². The van der Waals surface area contributed by atoms with Crippen molar-refractivity contribution in [2.45, 2.75) is 19.1 Å². The van der Waals surface area contributed by atoms with Crippen LogP contribution in [0.5, 0.6) is 6.01 Å². The zero-order chi connectivity index (χ0) is 14.0. The molecular formula is C12H13Cl2N3O2. The van der Waals surface area contributed by atoms with E-state index < -0.39 is 5.60 Å². The second-order valence-electron chi connectivity index (χ2n) is 4.33. The lowest BCUT2D eigenvalue weighted by Gasteiger charge is -2.24. The van der Waals surface area contributed by atoms with E-state index in [1.54, 1.807) is 25.1 Å². The fourth-order valence-corrected chi connectivity index (χ4v) is 2.39. The molecule has 5 nitrogen and oxygen atoms in total. The summed E-state index contributed by atoms with van der Waals surface area (Å²) in [6, 6.07) is 5.21. The van der Waals surface area contributed by atoms with Gasteiger partial charge in [0.05, 0.1) is 13.7 Å². The number of ether oxygens (including phenoxy) is 1. The van der Waals surface area contributed by atoms with E-state index in [0.717, 1.165) is 0 Å². The third kappa shape index (κ3) is 3.18. The fraction of sp³-hybridized carbons (Fsp3) is 0.333. The number of aromatic nitrogens is 3. The first-order valence-electron chi connectivity index (χ1n) is 5.54. The molecule has 1 aromatic carbocycles. The molecule has 102 valence electrons. The largest absolute Gasteiger partial charge is 0.466 e. The van der Waals surface area contributed by atoms with E-state index in [1.165, 1.54) is 18.1 Å². The normalized spacial score (nSPS) is 14.2. The molecule has 1 atom stereocenters. The van der Waals surface area contributed by atoms with Gasteiger partial charge in [-0.3, -0.25) is 0 Å². The number of hydrogen-bond donors (Lipinski definition) is 1. The van der Waals surface area contributed by atoms with Crippen molar-refractivity contribution in [3.05, 3.63) is 40.1 Å². The molecule has 0 bridgehead atoms. The predicted molar refractivity (Wildman–Crippen MR) is 72.6 cm³/mol. The molecule has 0 fully saturated rings. The topological polar surface area (TPSA) is 60.2 Å². The standard InChI is InChI=1S/C12H13Cl2N3O2/c1-12(18,6-17-7-15-11(16-17)19-2)9-4-3-8(13)5-10(9)14/h3-5,7,18H,6H2,1-2H3/t12-/m1/s1. The highest BCUT2D eigenvalue weighted by Crippen LogP contribution is 2.31. The zero-order valence-electron chi connectivity index (χ0n) is 10.5. The lowest BCUT2D eigenvalue weighted by molar-refractivity contribution is 0.0344. The molecule has 1 aromatic heterocycles. The summed E-state index contributed by atoms with van der Waals surface area (Å²) in [5, 5.41) is 15.5. The summed E-state index contributed by atoms with van der Waals surface area (Å²) in [5.74, 6) is 0. The third-order valence-corrected chi connectivity index (χ3v) is 3.23. The first-order chi connectivity index (χ1) is 8.92. The summed E-state index contributed by atoms with van der Waals surface area (Å²) < 4.78 is 6.38. The quantitative estimate of drug-likeness (QED) is 0.942. The smallest absolute Gasteiger partial charge is 0.335 e. The van der Waals surface area contributed by atoms with Gasteiger partial charge in [-0.2, -0.15) is 4.98 Å². The highest BCUT2D eigenvalue weighted by atomic mass is 35.5. The molecule has 2 rings (SSSR count). The Kier molecular flexibility index (Phi) is 3.99. The number of methoxy groups -OCH3 is 1. The van der Waals surface area contributed by atoms with Crippen molar-refractivity contribution in [3.8, 4) is 6.01 Å². The Morgan fingerprint density at radius 2 is 2.16 bits per heavy atom. The third-order valence-electron chi connectivity index (χ3n) is 2.68. The number of halogens is 2. The lowest BCUT2D eigenvalue weighted by Crippen LogP contribution is -2.28. The summed E-state index contributed by atoms with van der Waals surface area (Å²) in [5.41, 5.74) is -0.617. The van der Waals surface area contributed by atoms with Gasteiger partial charge >= 0.3 is 6.01 Å². The van der Waals surface area contributed by atoms with Crippen LogP contribution in [0.4, 0.5) is 0 Å². The van der Waals surface area contributed by atoms with Crippen LogP contribution in [0, 0.1) is 0 Å². The maximum atomic E-state index is 10.5. The Hall–Kier alpha value is -1.30. The van der Waals surface area contributed by atoms with Crippen LogP contribution in [0.15, 0.2) is 24.5 Å². The average molecular weight is 302 g/mol. The number of benzene rings is 1. The van der Waals surface area contributed by atoms with Gasteiger partial charge in [0.25, 0.3) is 0 Å². The van der Waals surface area contributed by atoms with Gasteiger partial charge in [0.2, 0.25) is 0 Å². The van der Waals surface area contributed by atoms with Crippen LogP contribution in [0.25, 0.3) is 0 Å². The highest BCUT2D eigenvalue weighted by molar-refractivity contribution is 6.35. The summed E-state index contributed by atoms with van der Waals surface area (Å²) in [7, 11) is 1.48. The van der Waals surface area contributed by atoms with Gasteiger partial charge in [0.1, 0.15) is 11.9 Å². The van der Waals surface area contributed by atoms with Crippen LogP contribution in [0.2, 0.25) is 10.0 Å². The molecule has 1 heterocycles. The fourth-order valence-electron chi connectivity index (χ4n) is 1.77. The SMILES string of the molecule is COc1ncn(C[C@@](C)(O)c2ccc(Cl)cc2Cl)n1. The van der Waals surface area contributed by atoms with E-state index >= 15 is 0 Å². The molecule has 0 spiro atoms. The molecule has 0 aliphatic rings. The molecule has 0 aliphatic carbocycles. The average Bonchev–Trinajstić information content (AvgIpc) is 2.75. The molecule has 19 heavy (non-hydrogen) atoms. The molecule has 0 amide bonds. The summed E-state index contributed by atoms with van der Waals surface area (Å²) in [6.07, 6.45) is 1.48. The monoisotopic (exact) mass is 301 g/mol. The van der Waals surface area contributed by atoms with Crippen LogP contribution >= 0.6 is 23.2 Å². The molecule has 0 unspecified atom stereocenters. The minimum Gasteiger partial charge on any atom is -0.466 e. The maximum Gasteiger partial charge on any atom is 0.335 e. The van der Waals surface area contributed by atoms with Crippen molar-refractivity contribution in [2.75, 3.05) is 7.11 Å². The Labute approximate surface area is 120 Å². The molecule has 0 radical (unpaired) electrons. The highest BCUT2D eigenvalue weighted by Gasteiger charge is 2.27. The van der Waals surface area contributed by atoms with Gasteiger partial charge in [-0.1, -0.05) is 29.3 Å². The van der Waals surface area contributed by atoms with Crippen molar-refractivity contribution < 1.29 is 9.84 Å². The van der Waals surface area contributed by atoms with Crippen molar-refractivity contribution >= 4 is 23.2 Å². The van der Waals surface area contributed by atoms with Gasteiger partial charge in [0, 0.05) is 15.6 Å². The van der Waals surface area contributed by atoms with Crippen molar-refractivity contribution in [3.63, 3.8) is 0 Å². The molecule has 0 aliphatic heterocycles. The molecule has 1 N–H and O–H groups in total. The van der Waals surface area contributed by atoms with Gasteiger partial charge in [-0.15, -0.1) is 5.10 Å². The first kappa shape index (κ1) is 14.1. The van der Waals surface area contributed by atoms with E-state index in [2.05, 4.69) is 10.1 Å². The second-order valence-corrected chi connectivity index (χ2v) is 5.17. The molecule has 7 heteroatoms. The van der Waals surface area contributed by atoms with E-state index in [-0.39, 0.29) is 12.6 Å².